The average Bonchev–Trinajstić information content (AvgIpc) is 2.93. The Morgan fingerprint density at radius 1 is 1.21 bits per heavy atom. The van der Waals surface area contributed by atoms with Gasteiger partial charge in [-0.1, -0.05) is 37.3 Å². The minimum atomic E-state index is -0.0830. The van der Waals surface area contributed by atoms with E-state index in [-0.39, 0.29) is 11.8 Å². The summed E-state index contributed by atoms with van der Waals surface area (Å²) in [5, 5.41) is 4.24. The lowest BCUT2D eigenvalue weighted by Crippen LogP contribution is -2.30. The quantitative estimate of drug-likeness (QED) is 0.756. The number of hydrogen-bond acceptors (Lipinski definition) is 2. The number of rotatable bonds is 6. The Bertz CT molecular complexity index is 823. The van der Waals surface area contributed by atoms with Gasteiger partial charge in [0.1, 0.15) is 5.65 Å². The van der Waals surface area contributed by atoms with Crippen LogP contribution in [0.15, 0.2) is 54.9 Å². The van der Waals surface area contributed by atoms with Crippen molar-refractivity contribution in [1.82, 2.24) is 14.9 Å². The van der Waals surface area contributed by atoms with Crippen molar-refractivity contribution in [2.24, 2.45) is 7.05 Å². The molecule has 124 valence electrons. The summed E-state index contributed by atoms with van der Waals surface area (Å²) in [7, 11) is 2.00. The maximum absolute atomic E-state index is 12.5. The first kappa shape index (κ1) is 16.2. The van der Waals surface area contributed by atoms with Crippen LogP contribution in [0.1, 0.15) is 30.4 Å². The Hall–Kier alpha value is -2.62. The molecule has 0 unspecified atom stereocenters. The van der Waals surface area contributed by atoms with E-state index in [0.717, 1.165) is 29.4 Å². The molecule has 3 rings (SSSR count). The molecular weight excluding hydrogens is 298 g/mol. The van der Waals surface area contributed by atoms with Gasteiger partial charge < -0.3 is 9.88 Å². The summed E-state index contributed by atoms with van der Waals surface area (Å²) in [6, 6.07) is 14.0. The van der Waals surface area contributed by atoms with Crippen molar-refractivity contribution in [2.75, 3.05) is 6.54 Å². The van der Waals surface area contributed by atoms with Crippen molar-refractivity contribution in [1.29, 1.82) is 0 Å². The largest absolute Gasteiger partial charge is 0.355 e. The van der Waals surface area contributed by atoms with Gasteiger partial charge >= 0.3 is 0 Å². The summed E-state index contributed by atoms with van der Waals surface area (Å²) in [5.41, 5.74) is 3.27. The Morgan fingerprint density at radius 2 is 2.00 bits per heavy atom. The van der Waals surface area contributed by atoms with E-state index in [1.54, 1.807) is 6.20 Å². The summed E-state index contributed by atoms with van der Waals surface area (Å²) in [6.07, 6.45) is 5.51. The molecule has 4 nitrogen and oxygen atoms in total. The number of carbonyl (C=O) groups excluding carboxylic acids is 1. The number of benzene rings is 1. The van der Waals surface area contributed by atoms with E-state index in [0.29, 0.717) is 6.54 Å². The van der Waals surface area contributed by atoms with Crippen LogP contribution in [-0.4, -0.2) is 22.0 Å². The van der Waals surface area contributed by atoms with E-state index in [1.807, 2.05) is 54.9 Å². The SMILES string of the molecule is CC[C@@H](C(=O)NCCc1cn(C)c2ncccc12)c1ccccc1. The number of nitrogens with zero attached hydrogens (tertiary/aromatic N) is 2. The third-order valence-electron chi connectivity index (χ3n) is 4.44. The predicted molar refractivity (Wildman–Crippen MR) is 96.9 cm³/mol. The molecule has 1 N–H and O–H groups in total. The number of amides is 1. The van der Waals surface area contributed by atoms with Gasteiger partial charge in [-0.15, -0.1) is 0 Å². The molecule has 1 atom stereocenters. The number of pyridine rings is 1. The first-order valence-corrected chi connectivity index (χ1v) is 8.42. The molecule has 4 heteroatoms. The Kier molecular flexibility index (Phi) is 4.94. The van der Waals surface area contributed by atoms with Crippen LogP contribution >= 0.6 is 0 Å². The summed E-state index contributed by atoms with van der Waals surface area (Å²) < 4.78 is 2.03. The van der Waals surface area contributed by atoms with Gasteiger partial charge in [0.2, 0.25) is 5.91 Å². The third kappa shape index (κ3) is 3.32. The molecule has 3 aromatic rings. The highest BCUT2D eigenvalue weighted by Gasteiger charge is 2.18. The highest BCUT2D eigenvalue weighted by atomic mass is 16.1. The molecule has 0 spiro atoms. The molecule has 0 aliphatic rings. The third-order valence-corrected chi connectivity index (χ3v) is 4.44. The van der Waals surface area contributed by atoms with Gasteiger partial charge in [0.15, 0.2) is 0 Å². The van der Waals surface area contributed by atoms with Gasteiger partial charge in [0.25, 0.3) is 0 Å². The van der Waals surface area contributed by atoms with Crippen molar-refractivity contribution in [3.05, 3.63) is 66.0 Å². The molecule has 0 radical (unpaired) electrons. The van der Waals surface area contributed by atoms with E-state index < -0.39 is 0 Å². The maximum Gasteiger partial charge on any atom is 0.227 e. The van der Waals surface area contributed by atoms with Crippen LogP contribution in [0.25, 0.3) is 11.0 Å². The van der Waals surface area contributed by atoms with E-state index in [9.17, 15) is 4.79 Å². The Balaban J connectivity index is 1.64. The van der Waals surface area contributed by atoms with E-state index >= 15 is 0 Å². The molecule has 2 aromatic heterocycles. The number of fused-ring (bicyclic) bond motifs is 1. The zero-order valence-electron chi connectivity index (χ0n) is 14.2. The highest BCUT2D eigenvalue weighted by molar-refractivity contribution is 5.84. The molecule has 2 heterocycles. The first-order valence-electron chi connectivity index (χ1n) is 8.42. The van der Waals surface area contributed by atoms with Crippen molar-refractivity contribution < 1.29 is 4.79 Å². The van der Waals surface area contributed by atoms with Crippen molar-refractivity contribution in [3.8, 4) is 0 Å². The molecule has 1 amide bonds. The van der Waals surface area contributed by atoms with Gasteiger partial charge in [-0.3, -0.25) is 4.79 Å². The van der Waals surface area contributed by atoms with E-state index in [1.165, 1.54) is 5.56 Å². The van der Waals surface area contributed by atoms with Gasteiger partial charge in [-0.05, 0) is 36.1 Å². The number of aromatic nitrogens is 2. The Morgan fingerprint density at radius 3 is 2.75 bits per heavy atom. The second kappa shape index (κ2) is 7.30. The summed E-state index contributed by atoms with van der Waals surface area (Å²) >= 11 is 0. The van der Waals surface area contributed by atoms with Gasteiger partial charge in [-0.2, -0.15) is 0 Å². The lowest BCUT2D eigenvalue weighted by atomic mass is 9.95. The smallest absolute Gasteiger partial charge is 0.227 e. The standard InChI is InChI=1S/C20H23N3O/c1-3-17(15-8-5-4-6-9-15)20(24)22-13-11-16-14-23(2)19-18(16)10-7-12-21-19/h4-10,12,14,17H,3,11,13H2,1-2H3,(H,22,24)/t17-/m1/s1. The predicted octanol–water partition coefficient (Wildman–Crippen LogP) is 3.43. The molecule has 0 saturated carbocycles. The Labute approximate surface area is 142 Å². The zero-order valence-corrected chi connectivity index (χ0v) is 14.2. The van der Waals surface area contributed by atoms with Crippen LogP contribution in [0.3, 0.4) is 0 Å². The lowest BCUT2D eigenvalue weighted by molar-refractivity contribution is -0.122. The summed E-state index contributed by atoms with van der Waals surface area (Å²) in [6.45, 7) is 2.68. The minimum absolute atomic E-state index is 0.0830. The molecule has 0 aliphatic carbocycles. The monoisotopic (exact) mass is 321 g/mol. The average molecular weight is 321 g/mol. The summed E-state index contributed by atoms with van der Waals surface area (Å²) in [4.78, 5) is 16.9. The van der Waals surface area contributed by atoms with Crippen molar-refractivity contribution >= 4 is 16.9 Å². The fourth-order valence-electron chi connectivity index (χ4n) is 3.19. The molecule has 0 aliphatic heterocycles. The maximum atomic E-state index is 12.5. The van der Waals surface area contributed by atoms with Crippen molar-refractivity contribution in [2.45, 2.75) is 25.7 Å². The molecule has 24 heavy (non-hydrogen) atoms. The van der Waals surface area contributed by atoms with Gasteiger partial charge in [-0.25, -0.2) is 4.98 Å². The van der Waals surface area contributed by atoms with Gasteiger partial charge in [0.05, 0.1) is 5.92 Å². The molecule has 0 fully saturated rings. The van der Waals surface area contributed by atoms with Crippen molar-refractivity contribution in [3.63, 3.8) is 0 Å². The number of aryl methyl sites for hydroxylation is 1. The van der Waals surface area contributed by atoms with E-state index in [2.05, 4.69) is 22.6 Å². The fraction of sp³-hybridized carbons (Fsp3) is 0.300. The topological polar surface area (TPSA) is 46.9 Å². The van der Waals surface area contributed by atoms with Crippen LogP contribution in [0.2, 0.25) is 0 Å². The fourth-order valence-corrected chi connectivity index (χ4v) is 3.19. The van der Waals surface area contributed by atoms with Crippen LogP contribution in [0.5, 0.6) is 0 Å². The van der Waals surface area contributed by atoms with E-state index in [4.69, 9.17) is 0 Å². The molecule has 0 bridgehead atoms. The summed E-state index contributed by atoms with van der Waals surface area (Å²) in [5.74, 6) is 0.0162. The second-order valence-corrected chi connectivity index (χ2v) is 6.05. The highest BCUT2D eigenvalue weighted by Crippen LogP contribution is 2.20. The minimum Gasteiger partial charge on any atom is -0.355 e. The number of carbonyl (C=O) groups is 1. The number of nitrogens with one attached hydrogen (secondary N) is 1. The second-order valence-electron chi connectivity index (χ2n) is 6.05. The lowest BCUT2D eigenvalue weighted by Gasteiger charge is -2.15. The van der Waals surface area contributed by atoms with Crippen LogP contribution in [-0.2, 0) is 18.3 Å². The van der Waals surface area contributed by atoms with Crippen LogP contribution in [0.4, 0.5) is 0 Å². The molecular formula is C20H23N3O. The molecule has 0 saturated heterocycles. The number of hydrogen-bond donors (Lipinski definition) is 1. The molecule has 1 aromatic carbocycles. The normalized spacial score (nSPS) is 12.2. The first-order chi connectivity index (χ1) is 11.7. The van der Waals surface area contributed by atoms with Crippen LogP contribution < -0.4 is 5.32 Å². The van der Waals surface area contributed by atoms with Gasteiger partial charge in [0, 0.05) is 31.4 Å². The van der Waals surface area contributed by atoms with Crippen LogP contribution in [0, 0.1) is 0 Å². The zero-order chi connectivity index (χ0) is 16.9.